The lowest BCUT2D eigenvalue weighted by Gasteiger charge is -2.24. The number of carbonyl (C=O) groups excluding carboxylic acids is 2. The smallest absolute Gasteiger partial charge is 0.338 e. The zero-order valence-electron chi connectivity index (χ0n) is 17.8. The van der Waals surface area contributed by atoms with E-state index in [2.05, 4.69) is 0 Å². The van der Waals surface area contributed by atoms with E-state index in [4.69, 9.17) is 9.47 Å². The van der Waals surface area contributed by atoms with Gasteiger partial charge in [0.25, 0.3) is 5.91 Å². The van der Waals surface area contributed by atoms with Gasteiger partial charge in [-0.05, 0) is 60.9 Å². The summed E-state index contributed by atoms with van der Waals surface area (Å²) in [5.41, 5.74) is 2.36. The van der Waals surface area contributed by atoms with Crippen molar-refractivity contribution in [3.8, 4) is 0 Å². The van der Waals surface area contributed by atoms with E-state index in [0.717, 1.165) is 28.2 Å². The van der Waals surface area contributed by atoms with Crippen molar-refractivity contribution in [3.05, 3.63) is 89.2 Å². The second kappa shape index (κ2) is 9.37. The molecule has 0 radical (unpaired) electrons. The summed E-state index contributed by atoms with van der Waals surface area (Å²) in [5.74, 6) is -0.959. The molecule has 168 valence electrons. The third-order valence-electron chi connectivity index (χ3n) is 5.75. The molecule has 2 aliphatic rings. The van der Waals surface area contributed by atoms with Crippen LogP contribution in [-0.4, -0.2) is 31.2 Å². The zero-order valence-corrected chi connectivity index (χ0v) is 18.6. The van der Waals surface area contributed by atoms with Gasteiger partial charge in [0.15, 0.2) is 0 Å². The predicted octanol–water partition coefficient (Wildman–Crippen LogP) is 5.47. The van der Waals surface area contributed by atoms with Crippen LogP contribution < -0.4 is 4.90 Å². The molecule has 7 heteroatoms. The summed E-state index contributed by atoms with van der Waals surface area (Å²) < 4.78 is 24.4. The van der Waals surface area contributed by atoms with Gasteiger partial charge in [0.05, 0.1) is 29.5 Å². The first-order valence-electron chi connectivity index (χ1n) is 10.8. The predicted molar refractivity (Wildman–Crippen MR) is 123 cm³/mol. The highest BCUT2D eigenvalue weighted by Crippen LogP contribution is 2.42. The fraction of sp³-hybridized carbons (Fsp3) is 0.231. The van der Waals surface area contributed by atoms with Crippen LogP contribution in [0.25, 0.3) is 0 Å². The normalized spacial score (nSPS) is 17.3. The van der Waals surface area contributed by atoms with Crippen molar-refractivity contribution in [1.82, 2.24) is 0 Å². The Kier molecular flexibility index (Phi) is 6.15. The minimum Gasteiger partial charge on any atom is -0.459 e. The average Bonchev–Trinajstić information content (AvgIpc) is 3.33. The first kappa shape index (κ1) is 21.7. The van der Waals surface area contributed by atoms with Crippen LogP contribution in [0.1, 0.15) is 39.1 Å². The number of rotatable bonds is 5. The molecule has 0 aliphatic carbocycles. The van der Waals surface area contributed by atoms with Crippen molar-refractivity contribution in [2.24, 2.45) is 0 Å². The van der Waals surface area contributed by atoms with Crippen molar-refractivity contribution < 1.29 is 23.5 Å². The van der Waals surface area contributed by atoms with Crippen LogP contribution in [0.4, 0.5) is 10.1 Å². The van der Waals surface area contributed by atoms with Gasteiger partial charge in [-0.3, -0.25) is 4.79 Å². The van der Waals surface area contributed by atoms with Crippen LogP contribution in [-0.2, 0) is 16.0 Å². The first-order valence-corrected chi connectivity index (χ1v) is 11.7. The highest BCUT2D eigenvalue weighted by molar-refractivity contribution is 7.99. The maximum Gasteiger partial charge on any atom is 0.338 e. The van der Waals surface area contributed by atoms with Crippen LogP contribution in [0.2, 0.25) is 0 Å². The summed E-state index contributed by atoms with van der Waals surface area (Å²) >= 11 is 1.48. The number of hydrogen-bond acceptors (Lipinski definition) is 5. The molecule has 33 heavy (non-hydrogen) atoms. The molecule has 1 fully saturated rings. The summed E-state index contributed by atoms with van der Waals surface area (Å²) in [4.78, 5) is 29.6. The number of ether oxygens (including phenoxy) is 2. The second-order valence-corrected chi connectivity index (χ2v) is 9.12. The SMILES string of the molecule is O=C(OCC1CCCO1)c1ccc2c(c1)N(Cc1ccc(F)cc1)C(=O)c1ccccc1S2. The summed E-state index contributed by atoms with van der Waals surface area (Å²) in [7, 11) is 0. The topological polar surface area (TPSA) is 55.8 Å². The van der Waals surface area contributed by atoms with E-state index >= 15 is 0 Å². The van der Waals surface area contributed by atoms with E-state index in [1.54, 1.807) is 35.2 Å². The van der Waals surface area contributed by atoms with Gasteiger partial charge in [-0.15, -0.1) is 0 Å². The van der Waals surface area contributed by atoms with Crippen LogP contribution in [0.15, 0.2) is 76.5 Å². The van der Waals surface area contributed by atoms with Gasteiger partial charge in [-0.1, -0.05) is 36.0 Å². The summed E-state index contributed by atoms with van der Waals surface area (Å²) in [5, 5.41) is 0. The fourth-order valence-corrected chi connectivity index (χ4v) is 5.06. The maximum absolute atomic E-state index is 13.6. The first-order chi connectivity index (χ1) is 16.1. The Hall–Kier alpha value is -3.16. The molecule has 1 saturated heterocycles. The number of nitrogens with zero attached hydrogens (tertiary/aromatic N) is 1. The van der Waals surface area contributed by atoms with Crippen molar-refractivity contribution in [1.29, 1.82) is 0 Å². The number of hydrogen-bond donors (Lipinski definition) is 0. The van der Waals surface area contributed by atoms with E-state index in [0.29, 0.717) is 23.4 Å². The van der Waals surface area contributed by atoms with E-state index in [1.165, 1.54) is 23.9 Å². The van der Waals surface area contributed by atoms with Gasteiger partial charge in [0, 0.05) is 16.4 Å². The molecule has 3 aromatic carbocycles. The minimum atomic E-state index is -0.450. The molecule has 3 aromatic rings. The maximum atomic E-state index is 13.6. The van der Waals surface area contributed by atoms with Gasteiger partial charge in [0.2, 0.25) is 0 Å². The van der Waals surface area contributed by atoms with E-state index < -0.39 is 5.97 Å². The minimum absolute atomic E-state index is 0.0589. The third kappa shape index (κ3) is 4.65. The van der Waals surface area contributed by atoms with Crippen molar-refractivity contribution in [3.63, 3.8) is 0 Å². The quantitative estimate of drug-likeness (QED) is 0.470. The molecule has 0 bridgehead atoms. The molecule has 1 unspecified atom stereocenters. The molecule has 5 nitrogen and oxygen atoms in total. The molecule has 0 spiro atoms. The largest absolute Gasteiger partial charge is 0.459 e. The molecular formula is C26H22FNO4S. The van der Waals surface area contributed by atoms with Crippen LogP contribution in [0.3, 0.4) is 0 Å². The number of anilines is 1. The molecular weight excluding hydrogens is 441 g/mol. The molecule has 5 rings (SSSR count). The monoisotopic (exact) mass is 463 g/mol. The van der Waals surface area contributed by atoms with Gasteiger partial charge < -0.3 is 14.4 Å². The van der Waals surface area contributed by atoms with Crippen LogP contribution >= 0.6 is 11.8 Å². The van der Waals surface area contributed by atoms with E-state index in [9.17, 15) is 14.0 Å². The molecule has 1 atom stereocenters. The molecule has 2 aliphatic heterocycles. The highest BCUT2D eigenvalue weighted by atomic mass is 32.2. The van der Waals surface area contributed by atoms with Gasteiger partial charge in [-0.2, -0.15) is 0 Å². The average molecular weight is 464 g/mol. The Labute approximate surface area is 195 Å². The summed E-state index contributed by atoms with van der Waals surface area (Å²) in [6, 6.07) is 18.8. The number of benzene rings is 3. The Bertz CT molecular complexity index is 1190. The number of amides is 1. The number of halogens is 1. The fourth-order valence-electron chi connectivity index (χ4n) is 4.00. The summed E-state index contributed by atoms with van der Waals surface area (Å²) in [6.45, 7) is 1.16. The van der Waals surface area contributed by atoms with E-state index in [-0.39, 0.29) is 31.0 Å². The van der Waals surface area contributed by atoms with Crippen molar-refractivity contribution in [2.45, 2.75) is 35.3 Å². The Morgan fingerprint density at radius 3 is 2.70 bits per heavy atom. The zero-order chi connectivity index (χ0) is 22.8. The van der Waals surface area contributed by atoms with Crippen LogP contribution in [0.5, 0.6) is 0 Å². The Balaban J connectivity index is 1.49. The van der Waals surface area contributed by atoms with E-state index in [1.807, 2.05) is 24.3 Å². The van der Waals surface area contributed by atoms with Gasteiger partial charge in [-0.25, -0.2) is 9.18 Å². The molecule has 0 N–H and O–H groups in total. The van der Waals surface area contributed by atoms with Crippen molar-refractivity contribution >= 4 is 29.3 Å². The lowest BCUT2D eigenvalue weighted by Crippen LogP contribution is -2.30. The second-order valence-electron chi connectivity index (χ2n) is 8.03. The van der Waals surface area contributed by atoms with Gasteiger partial charge >= 0.3 is 5.97 Å². The van der Waals surface area contributed by atoms with Crippen LogP contribution in [0, 0.1) is 5.82 Å². The lowest BCUT2D eigenvalue weighted by molar-refractivity contribution is 0.0161. The highest BCUT2D eigenvalue weighted by Gasteiger charge is 2.28. The number of carbonyl (C=O) groups is 2. The molecule has 1 amide bonds. The Morgan fingerprint density at radius 2 is 1.91 bits per heavy atom. The number of esters is 1. The lowest BCUT2D eigenvalue weighted by atomic mass is 10.1. The van der Waals surface area contributed by atoms with Gasteiger partial charge in [0.1, 0.15) is 12.4 Å². The summed E-state index contributed by atoms with van der Waals surface area (Å²) in [6.07, 6.45) is 1.79. The van der Waals surface area contributed by atoms with Crippen molar-refractivity contribution in [2.75, 3.05) is 18.1 Å². The standard InChI is InChI=1S/C26H22FNO4S/c27-19-10-7-17(8-11-19)15-28-22-14-18(26(30)32-16-20-4-3-13-31-20)9-12-24(22)33-23-6-2-1-5-21(23)25(28)29/h1-2,5-12,14,20H,3-4,13,15-16H2. The molecule has 2 heterocycles. The molecule has 0 saturated carbocycles. The third-order valence-corrected chi connectivity index (χ3v) is 6.89. The Morgan fingerprint density at radius 1 is 1.09 bits per heavy atom. The molecule has 0 aromatic heterocycles. The number of fused-ring (bicyclic) bond motifs is 2.